The fourth-order valence-corrected chi connectivity index (χ4v) is 3.84. The molecule has 1 saturated heterocycles. The van der Waals surface area contributed by atoms with Crippen LogP contribution in [0.3, 0.4) is 0 Å². The summed E-state index contributed by atoms with van der Waals surface area (Å²) >= 11 is 0. The molecule has 4 rings (SSSR count). The largest absolute Gasteiger partial charge is 0.496 e. The maximum Gasteiger partial charge on any atom is 0.162 e. The van der Waals surface area contributed by atoms with Crippen molar-refractivity contribution in [1.29, 1.82) is 0 Å². The molecule has 3 aromatic rings. The average Bonchev–Trinajstić information content (AvgIpc) is 3.15. The minimum absolute atomic E-state index is 0.615. The fraction of sp³-hybridized carbons (Fsp3) is 0.381. The molecule has 0 spiro atoms. The highest BCUT2D eigenvalue weighted by Crippen LogP contribution is 2.30. The first kappa shape index (κ1) is 17.7. The molecular formula is C21H25N5O. The van der Waals surface area contributed by atoms with E-state index >= 15 is 0 Å². The molecule has 0 radical (unpaired) electrons. The van der Waals surface area contributed by atoms with Gasteiger partial charge in [-0.05, 0) is 56.5 Å². The van der Waals surface area contributed by atoms with Gasteiger partial charge in [0.1, 0.15) is 5.75 Å². The molecule has 1 aromatic carbocycles. The Morgan fingerprint density at radius 1 is 1.11 bits per heavy atom. The first-order chi connectivity index (χ1) is 13.2. The number of nitrogens with zero attached hydrogens (tertiary/aromatic N) is 4. The Labute approximate surface area is 159 Å². The molecule has 1 aliphatic rings. The molecule has 6 nitrogen and oxygen atoms in total. The van der Waals surface area contributed by atoms with Gasteiger partial charge in [0.25, 0.3) is 0 Å². The van der Waals surface area contributed by atoms with Crippen LogP contribution < -0.4 is 4.74 Å². The van der Waals surface area contributed by atoms with Crippen molar-refractivity contribution < 1.29 is 4.74 Å². The van der Waals surface area contributed by atoms with E-state index in [9.17, 15) is 0 Å². The minimum Gasteiger partial charge on any atom is -0.496 e. The number of aromatic nitrogens is 4. The van der Waals surface area contributed by atoms with Crippen molar-refractivity contribution in [3.05, 3.63) is 59.7 Å². The van der Waals surface area contributed by atoms with Crippen LogP contribution in [0.1, 0.15) is 35.6 Å². The summed E-state index contributed by atoms with van der Waals surface area (Å²) in [4.78, 5) is 11.6. The number of likely N-dealkylation sites (tertiary alicyclic amines) is 1. The van der Waals surface area contributed by atoms with E-state index in [0.29, 0.717) is 11.7 Å². The number of H-pyrrole nitrogens is 1. The van der Waals surface area contributed by atoms with Crippen LogP contribution in [0.25, 0.3) is 11.4 Å². The van der Waals surface area contributed by atoms with E-state index in [0.717, 1.165) is 36.5 Å². The van der Waals surface area contributed by atoms with Gasteiger partial charge in [-0.1, -0.05) is 12.1 Å². The van der Waals surface area contributed by atoms with E-state index in [1.165, 1.54) is 24.1 Å². The SMILES string of the molecule is COc1ccccc1-c1ncc(CN2CCC(c3cn[nH]c3C)CC2)cn1. The smallest absolute Gasteiger partial charge is 0.162 e. The Bertz CT molecular complexity index is 882. The van der Waals surface area contributed by atoms with Gasteiger partial charge < -0.3 is 4.74 Å². The van der Waals surface area contributed by atoms with Gasteiger partial charge in [0.2, 0.25) is 0 Å². The van der Waals surface area contributed by atoms with E-state index in [-0.39, 0.29) is 0 Å². The molecule has 2 aromatic heterocycles. The molecule has 1 aliphatic heterocycles. The van der Waals surface area contributed by atoms with Crippen LogP contribution in [-0.2, 0) is 6.54 Å². The number of methoxy groups -OCH3 is 1. The zero-order chi connectivity index (χ0) is 18.6. The monoisotopic (exact) mass is 363 g/mol. The van der Waals surface area contributed by atoms with Crippen molar-refractivity contribution in [2.45, 2.75) is 32.2 Å². The molecule has 0 saturated carbocycles. The van der Waals surface area contributed by atoms with Gasteiger partial charge in [0.15, 0.2) is 5.82 Å². The highest BCUT2D eigenvalue weighted by atomic mass is 16.5. The van der Waals surface area contributed by atoms with Gasteiger partial charge in [0, 0.05) is 30.2 Å². The van der Waals surface area contributed by atoms with Crippen LogP contribution in [0.2, 0.25) is 0 Å². The van der Waals surface area contributed by atoms with E-state index in [1.807, 2.05) is 42.9 Å². The number of para-hydroxylation sites is 1. The van der Waals surface area contributed by atoms with Gasteiger partial charge >= 0.3 is 0 Å². The zero-order valence-corrected chi connectivity index (χ0v) is 15.9. The Hall–Kier alpha value is -2.73. The molecule has 0 unspecified atom stereocenters. The Morgan fingerprint density at radius 2 is 1.85 bits per heavy atom. The molecular weight excluding hydrogens is 338 g/mol. The van der Waals surface area contributed by atoms with Crippen molar-refractivity contribution in [2.24, 2.45) is 0 Å². The third-order valence-corrected chi connectivity index (χ3v) is 5.36. The number of rotatable bonds is 5. The summed E-state index contributed by atoms with van der Waals surface area (Å²) in [5, 5.41) is 7.22. The lowest BCUT2D eigenvalue weighted by molar-refractivity contribution is 0.204. The number of aryl methyl sites for hydroxylation is 1. The fourth-order valence-electron chi connectivity index (χ4n) is 3.84. The minimum atomic E-state index is 0.615. The number of hydrogen-bond donors (Lipinski definition) is 1. The second-order valence-electron chi connectivity index (χ2n) is 7.12. The van der Waals surface area contributed by atoms with E-state index in [2.05, 4.69) is 32.0 Å². The molecule has 1 fully saturated rings. The predicted molar refractivity (Wildman–Crippen MR) is 105 cm³/mol. The predicted octanol–water partition coefficient (Wildman–Crippen LogP) is 3.56. The number of ether oxygens (including phenoxy) is 1. The van der Waals surface area contributed by atoms with Gasteiger partial charge in [-0.3, -0.25) is 10.00 Å². The molecule has 6 heteroatoms. The number of benzene rings is 1. The third kappa shape index (κ3) is 3.85. The normalized spacial score (nSPS) is 15.8. The van der Waals surface area contributed by atoms with Gasteiger partial charge in [-0.2, -0.15) is 5.10 Å². The average molecular weight is 363 g/mol. The Balaban J connectivity index is 1.38. The van der Waals surface area contributed by atoms with Crippen molar-refractivity contribution in [3.8, 4) is 17.1 Å². The second-order valence-corrected chi connectivity index (χ2v) is 7.12. The summed E-state index contributed by atoms with van der Waals surface area (Å²) < 4.78 is 5.41. The quantitative estimate of drug-likeness (QED) is 0.751. The Kier molecular flexibility index (Phi) is 5.16. The van der Waals surface area contributed by atoms with Crippen LogP contribution in [0.5, 0.6) is 5.75 Å². The summed E-state index contributed by atoms with van der Waals surface area (Å²) in [6.07, 6.45) is 8.18. The van der Waals surface area contributed by atoms with E-state index < -0.39 is 0 Å². The number of hydrogen-bond acceptors (Lipinski definition) is 5. The summed E-state index contributed by atoms with van der Waals surface area (Å²) in [5.74, 6) is 2.11. The molecule has 140 valence electrons. The van der Waals surface area contributed by atoms with Crippen molar-refractivity contribution >= 4 is 0 Å². The topological polar surface area (TPSA) is 66.9 Å². The molecule has 1 N–H and O–H groups in total. The van der Waals surface area contributed by atoms with Crippen molar-refractivity contribution in [1.82, 2.24) is 25.1 Å². The van der Waals surface area contributed by atoms with E-state index in [1.54, 1.807) is 7.11 Å². The number of nitrogens with one attached hydrogen (secondary N) is 1. The lowest BCUT2D eigenvalue weighted by Crippen LogP contribution is -2.32. The van der Waals surface area contributed by atoms with Crippen LogP contribution in [0.4, 0.5) is 0 Å². The van der Waals surface area contributed by atoms with E-state index in [4.69, 9.17) is 4.74 Å². The molecule has 0 atom stereocenters. The lowest BCUT2D eigenvalue weighted by atomic mass is 9.90. The zero-order valence-electron chi connectivity index (χ0n) is 15.9. The van der Waals surface area contributed by atoms with Gasteiger partial charge in [0.05, 0.1) is 18.9 Å². The number of aromatic amines is 1. The summed E-state index contributed by atoms with van der Waals surface area (Å²) in [6.45, 7) is 5.17. The van der Waals surface area contributed by atoms with Crippen LogP contribution >= 0.6 is 0 Å². The van der Waals surface area contributed by atoms with Crippen molar-refractivity contribution in [2.75, 3.05) is 20.2 Å². The van der Waals surface area contributed by atoms with Gasteiger partial charge in [-0.15, -0.1) is 0 Å². The third-order valence-electron chi connectivity index (χ3n) is 5.36. The lowest BCUT2D eigenvalue weighted by Gasteiger charge is -2.31. The van der Waals surface area contributed by atoms with Crippen molar-refractivity contribution in [3.63, 3.8) is 0 Å². The first-order valence-corrected chi connectivity index (χ1v) is 9.41. The van der Waals surface area contributed by atoms with Crippen LogP contribution in [-0.4, -0.2) is 45.3 Å². The van der Waals surface area contributed by atoms with Crippen LogP contribution in [0.15, 0.2) is 42.9 Å². The summed E-state index contributed by atoms with van der Waals surface area (Å²) in [5.41, 5.74) is 4.64. The van der Waals surface area contributed by atoms with Crippen LogP contribution in [0, 0.1) is 6.92 Å². The molecule has 27 heavy (non-hydrogen) atoms. The summed E-state index contributed by atoms with van der Waals surface area (Å²) in [7, 11) is 1.67. The summed E-state index contributed by atoms with van der Waals surface area (Å²) in [6, 6.07) is 7.83. The highest BCUT2D eigenvalue weighted by Gasteiger charge is 2.22. The molecule has 0 aliphatic carbocycles. The Morgan fingerprint density at radius 3 is 2.52 bits per heavy atom. The molecule has 0 amide bonds. The molecule has 0 bridgehead atoms. The second kappa shape index (κ2) is 7.88. The first-order valence-electron chi connectivity index (χ1n) is 9.41. The molecule has 3 heterocycles. The number of piperidine rings is 1. The maximum atomic E-state index is 5.41. The standard InChI is InChI=1S/C21H25N5O/c1-15-19(13-24-25-15)17-7-9-26(10-8-17)14-16-11-22-21(23-12-16)18-5-3-4-6-20(18)27-2/h3-6,11-13,17H,7-10,14H2,1-2H3,(H,24,25). The highest BCUT2D eigenvalue weighted by molar-refractivity contribution is 5.63. The maximum absolute atomic E-state index is 5.41. The van der Waals surface area contributed by atoms with Gasteiger partial charge in [-0.25, -0.2) is 9.97 Å².